The SMILES string of the molecule is [Cu][I].c1ccc([PH+](c2ccccc2)c2ccccc2)cc1.c1ccc2c(c1)[N-]c1c(c3cccnc3c3ncccc13)[N-]2. The Kier molecular flexibility index (Phi) is 9.61. The van der Waals surface area contributed by atoms with Gasteiger partial charge in [0.1, 0.15) is 15.9 Å². The zero-order valence-corrected chi connectivity index (χ0v) is 27.0. The average Bonchev–Trinajstić information content (AvgIpc) is 3.10. The van der Waals surface area contributed by atoms with Crippen LogP contribution >= 0.6 is 28.3 Å². The van der Waals surface area contributed by atoms with Crippen LogP contribution in [-0.4, -0.2) is 9.97 Å². The first-order valence-electron chi connectivity index (χ1n) is 13.7. The van der Waals surface area contributed by atoms with E-state index in [0.717, 1.165) is 44.6 Å². The van der Waals surface area contributed by atoms with Crippen LogP contribution in [0, 0.1) is 0 Å². The van der Waals surface area contributed by atoms with Crippen molar-refractivity contribution in [3.8, 4) is 0 Å². The van der Waals surface area contributed by atoms with Gasteiger partial charge >= 0.3 is 33.1 Å². The molecule has 0 unspecified atom stereocenters. The molecular formula is C36H26CuIN4P-. The van der Waals surface area contributed by atoms with Crippen LogP contribution < -0.4 is 15.9 Å². The summed E-state index contributed by atoms with van der Waals surface area (Å²) in [6.45, 7) is 0. The van der Waals surface area contributed by atoms with E-state index < -0.39 is 7.92 Å². The first-order valence-corrected chi connectivity index (χ1v) is 18.2. The Morgan fingerprint density at radius 3 is 1.16 bits per heavy atom. The number of rotatable bonds is 3. The first kappa shape index (κ1) is 29.3. The maximum atomic E-state index is 4.83. The fraction of sp³-hybridized carbons (Fsp3) is 0. The van der Waals surface area contributed by atoms with Gasteiger partial charge in [-0.05, 0) is 59.3 Å². The Morgan fingerprint density at radius 1 is 0.442 bits per heavy atom. The Balaban J connectivity index is 0.000000147. The number of halogens is 1. The van der Waals surface area contributed by atoms with E-state index in [0.29, 0.717) is 0 Å². The van der Waals surface area contributed by atoms with Gasteiger partial charge in [0.2, 0.25) is 0 Å². The quantitative estimate of drug-likeness (QED) is 0.0786. The van der Waals surface area contributed by atoms with Crippen molar-refractivity contribution in [2.45, 2.75) is 0 Å². The maximum Gasteiger partial charge on any atom is 0.102 e. The summed E-state index contributed by atoms with van der Waals surface area (Å²) in [7, 11) is -0.877. The van der Waals surface area contributed by atoms with Crippen molar-refractivity contribution in [1.29, 1.82) is 0 Å². The van der Waals surface area contributed by atoms with Gasteiger partial charge in [-0.15, -0.1) is 11.4 Å². The van der Waals surface area contributed by atoms with Crippen molar-refractivity contribution in [3.05, 3.63) is 163 Å². The van der Waals surface area contributed by atoms with Gasteiger partial charge in [0.05, 0.1) is 19.0 Å². The second-order valence-electron chi connectivity index (χ2n) is 9.68. The van der Waals surface area contributed by atoms with Crippen molar-refractivity contribution >= 4 is 88.7 Å². The van der Waals surface area contributed by atoms with Crippen LogP contribution in [0.25, 0.3) is 32.4 Å². The molecule has 43 heavy (non-hydrogen) atoms. The van der Waals surface area contributed by atoms with Gasteiger partial charge in [-0.1, -0.05) is 91.0 Å². The molecule has 0 saturated carbocycles. The Hall–Kier alpha value is -3.80. The number of aromatic nitrogens is 2. The van der Waals surface area contributed by atoms with Gasteiger partial charge in [0.15, 0.2) is 0 Å². The van der Waals surface area contributed by atoms with Crippen LogP contribution in [0.4, 0.5) is 22.7 Å². The zero-order chi connectivity index (χ0) is 29.4. The molecule has 1 aliphatic rings. The summed E-state index contributed by atoms with van der Waals surface area (Å²) in [5.74, 6) is 0. The molecule has 4 nitrogen and oxygen atoms in total. The molecule has 0 spiro atoms. The van der Waals surface area contributed by atoms with E-state index in [1.165, 1.54) is 15.9 Å². The van der Waals surface area contributed by atoms with Crippen molar-refractivity contribution in [1.82, 2.24) is 9.97 Å². The molecule has 0 bridgehead atoms. The third-order valence-electron chi connectivity index (χ3n) is 7.11. The first-order chi connectivity index (χ1) is 21.4. The van der Waals surface area contributed by atoms with E-state index in [4.69, 9.17) is 10.6 Å². The molecular weight excluding hydrogens is 710 g/mol. The molecule has 2 aromatic heterocycles. The molecule has 0 radical (unpaired) electrons. The van der Waals surface area contributed by atoms with E-state index in [-0.39, 0.29) is 0 Å². The summed E-state index contributed by atoms with van der Waals surface area (Å²) < 4.78 is 0. The standard InChI is InChI=1S/C18H10N4.C18H15P.Cu.HI/c1-2-8-14-13(7-1)21-17-11-5-3-9-19-15(11)16-12(18(17)22-14)6-4-10-20-16;1-4-10-16(11-5-1)19(17-12-6-2-7-13-17)18-14-8-3-9-15-18;;/h1-10H;1-15H;;1H/q-2;;+1;. The minimum atomic E-state index is -0.877. The molecule has 0 aliphatic carbocycles. The van der Waals surface area contributed by atoms with Gasteiger partial charge in [0, 0.05) is 12.4 Å². The molecule has 0 saturated heterocycles. The van der Waals surface area contributed by atoms with E-state index in [1.807, 2.05) is 48.5 Å². The van der Waals surface area contributed by atoms with Gasteiger partial charge in [-0.2, -0.15) is 11.4 Å². The zero-order valence-electron chi connectivity index (χ0n) is 22.9. The van der Waals surface area contributed by atoms with Crippen LogP contribution in [0.15, 0.2) is 152 Å². The summed E-state index contributed by atoms with van der Waals surface area (Å²) in [5, 5.41) is 15.9. The van der Waals surface area contributed by atoms with E-state index in [1.54, 1.807) is 32.7 Å². The molecule has 0 fully saturated rings. The summed E-state index contributed by atoms with van der Waals surface area (Å²) in [6, 6.07) is 48.3. The number of nitrogens with zero attached hydrogens (tertiary/aromatic N) is 4. The second kappa shape index (κ2) is 14.1. The molecule has 7 aromatic rings. The Labute approximate surface area is 272 Å². The van der Waals surface area contributed by atoms with Crippen molar-refractivity contribution in [2.75, 3.05) is 0 Å². The van der Waals surface area contributed by atoms with Crippen molar-refractivity contribution in [2.24, 2.45) is 0 Å². The van der Waals surface area contributed by atoms with Crippen LogP contribution in [0.1, 0.15) is 0 Å². The molecule has 8 rings (SSSR count). The number of hydrogen-bond acceptors (Lipinski definition) is 2. The molecule has 0 atom stereocenters. The van der Waals surface area contributed by atoms with Crippen molar-refractivity contribution < 1.29 is 12.8 Å². The van der Waals surface area contributed by atoms with Crippen LogP contribution in [0.3, 0.4) is 0 Å². The second-order valence-corrected chi connectivity index (χ2v) is 12.2. The number of hydrogen-bond donors (Lipinski definition) is 0. The summed E-state index contributed by atoms with van der Waals surface area (Å²) in [6.07, 6.45) is 3.58. The smallest absolute Gasteiger partial charge is 0.102 e. The normalized spacial score (nSPS) is 11.2. The minimum absolute atomic E-state index is 0.871. The molecule has 0 N–H and O–H groups in total. The fourth-order valence-corrected chi connectivity index (χ4v) is 7.84. The topological polar surface area (TPSA) is 54.0 Å². The molecule has 5 aromatic carbocycles. The Morgan fingerprint density at radius 2 is 0.791 bits per heavy atom. The van der Waals surface area contributed by atoms with E-state index >= 15 is 0 Å². The molecule has 7 heteroatoms. The predicted molar refractivity (Wildman–Crippen MR) is 189 cm³/mol. The Bertz CT molecular complexity index is 1780. The van der Waals surface area contributed by atoms with Gasteiger partial charge in [-0.25, -0.2) is 0 Å². The number of para-hydroxylation sites is 2. The molecule has 214 valence electrons. The van der Waals surface area contributed by atoms with Crippen LogP contribution in [0.2, 0.25) is 0 Å². The molecule has 1 aliphatic heterocycles. The maximum absolute atomic E-state index is 4.83. The molecule has 3 heterocycles. The van der Waals surface area contributed by atoms with Gasteiger partial charge in [0.25, 0.3) is 0 Å². The largest absolute Gasteiger partial charge is 0.659 e. The number of fused-ring (bicyclic) bond motifs is 7. The third-order valence-corrected chi connectivity index (χ3v) is 9.84. The van der Waals surface area contributed by atoms with Crippen LogP contribution in [-0.2, 0) is 12.8 Å². The van der Waals surface area contributed by atoms with E-state index in [9.17, 15) is 0 Å². The summed E-state index contributed by atoms with van der Waals surface area (Å²) in [4.78, 5) is 9.02. The van der Waals surface area contributed by atoms with Crippen LogP contribution in [0.5, 0.6) is 0 Å². The monoisotopic (exact) mass is 735 g/mol. The summed E-state index contributed by atoms with van der Waals surface area (Å²) in [5.41, 5.74) is 5.28. The van der Waals surface area contributed by atoms with Gasteiger partial charge < -0.3 is 10.6 Å². The number of benzene rings is 5. The fourth-order valence-electron chi connectivity index (χ4n) is 5.26. The number of pyridine rings is 2. The summed E-state index contributed by atoms with van der Waals surface area (Å²) >= 11 is 5.87. The molecule has 0 amide bonds. The average molecular weight is 736 g/mol. The van der Waals surface area contributed by atoms with Gasteiger partial charge in [-0.3, -0.25) is 9.97 Å². The minimum Gasteiger partial charge on any atom is -0.659 e. The predicted octanol–water partition coefficient (Wildman–Crippen LogP) is 9.83. The third kappa shape index (κ3) is 6.29. The van der Waals surface area contributed by atoms with Crippen molar-refractivity contribution in [3.63, 3.8) is 0 Å². The van der Waals surface area contributed by atoms with E-state index in [2.05, 4.69) is 114 Å².